The Balaban J connectivity index is 1.61. The van der Waals surface area contributed by atoms with E-state index in [0.717, 1.165) is 37.9 Å². The molecule has 2 heterocycles. The maximum Gasteiger partial charge on any atom is 0.417 e. The standard InChI is InChI=1S/C20H24ClF3N4O/c1-12-19(18(25)29,7-16(21)10-27-12)14-4-2-13(3-5-14)8-28-17-6-15(9-26-11-17)20(22,23)24/h6-7,9-14,28H,2-5,8H2,1H3,(H2,25,29). The van der Waals surface area contributed by atoms with Crippen molar-refractivity contribution in [1.29, 1.82) is 0 Å². The molecule has 5 nitrogen and oxygen atoms in total. The maximum absolute atomic E-state index is 12.8. The van der Waals surface area contributed by atoms with Crippen molar-refractivity contribution >= 4 is 29.4 Å². The van der Waals surface area contributed by atoms with Gasteiger partial charge in [-0.1, -0.05) is 11.6 Å². The summed E-state index contributed by atoms with van der Waals surface area (Å²) < 4.78 is 38.4. The number of primary amides is 1. The van der Waals surface area contributed by atoms with Crippen LogP contribution in [0.2, 0.25) is 0 Å². The molecular weight excluding hydrogens is 405 g/mol. The Kier molecular flexibility index (Phi) is 6.22. The molecule has 3 rings (SSSR count). The molecule has 0 bridgehead atoms. The molecule has 3 N–H and O–H groups in total. The maximum atomic E-state index is 12.8. The van der Waals surface area contributed by atoms with Gasteiger partial charge in [0.15, 0.2) is 0 Å². The van der Waals surface area contributed by atoms with E-state index in [4.69, 9.17) is 17.3 Å². The molecule has 158 valence electrons. The minimum Gasteiger partial charge on any atom is -0.384 e. The van der Waals surface area contributed by atoms with Gasteiger partial charge in [0.25, 0.3) is 0 Å². The second kappa shape index (κ2) is 8.34. The highest BCUT2D eigenvalue weighted by Crippen LogP contribution is 2.46. The third-order valence-electron chi connectivity index (χ3n) is 6.10. The summed E-state index contributed by atoms with van der Waals surface area (Å²) in [6.45, 7) is 2.42. The van der Waals surface area contributed by atoms with Crippen LogP contribution in [0.15, 0.2) is 34.6 Å². The van der Waals surface area contributed by atoms with Gasteiger partial charge in [-0.2, -0.15) is 13.2 Å². The zero-order valence-electron chi connectivity index (χ0n) is 16.0. The number of pyridine rings is 1. The summed E-state index contributed by atoms with van der Waals surface area (Å²) in [6, 6.07) is 0.785. The number of aromatic nitrogens is 1. The molecule has 1 saturated carbocycles. The number of dihydropyridines is 1. The van der Waals surface area contributed by atoms with Crippen molar-refractivity contribution in [1.82, 2.24) is 4.98 Å². The van der Waals surface area contributed by atoms with Crippen LogP contribution in [0.5, 0.6) is 0 Å². The number of nitrogens with two attached hydrogens (primary N) is 1. The second-order valence-corrected chi connectivity index (χ2v) is 8.28. The number of rotatable bonds is 5. The zero-order valence-corrected chi connectivity index (χ0v) is 16.8. The molecule has 1 amide bonds. The Labute approximate surface area is 172 Å². The van der Waals surface area contributed by atoms with Crippen LogP contribution in [0.4, 0.5) is 18.9 Å². The molecule has 1 aliphatic carbocycles. The largest absolute Gasteiger partial charge is 0.417 e. The summed E-state index contributed by atoms with van der Waals surface area (Å²) >= 11 is 6.13. The number of halogens is 4. The molecular formula is C20H24ClF3N4O. The molecule has 0 radical (unpaired) electrons. The Hall–Kier alpha value is -2.09. The van der Waals surface area contributed by atoms with Gasteiger partial charge in [-0.3, -0.25) is 14.8 Å². The van der Waals surface area contributed by atoms with Crippen LogP contribution in [0, 0.1) is 17.3 Å². The first-order chi connectivity index (χ1) is 13.6. The molecule has 1 aromatic heterocycles. The number of amides is 1. The Morgan fingerprint density at radius 2 is 2.00 bits per heavy atom. The monoisotopic (exact) mass is 428 g/mol. The van der Waals surface area contributed by atoms with Crippen molar-refractivity contribution in [2.24, 2.45) is 28.0 Å². The number of anilines is 1. The van der Waals surface area contributed by atoms with E-state index in [1.165, 1.54) is 6.20 Å². The van der Waals surface area contributed by atoms with Crippen molar-refractivity contribution < 1.29 is 18.0 Å². The fourth-order valence-electron chi connectivity index (χ4n) is 4.43. The average Bonchev–Trinajstić information content (AvgIpc) is 2.68. The van der Waals surface area contributed by atoms with Gasteiger partial charge in [-0.05, 0) is 56.6 Å². The number of aliphatic imine (C=N–C) groups is 1. The van der Waals surface area contributed by atoms with Crippen molar-refractivity contribution in [3.8, 4) is 0 Å². The highest BCUT2D eigenvalue weighted by Gasteiger charge is 2.49. The van der Waals surface area contributed by atoms with Crippen LogP contribution >= 0.6 is 11.6 Å². The van der Waals surface area contributed by atoms with Gasteiger partial charge >= 0.3 is 6.18 Å². The first-order valence-electron chi connectivity index (χ1n) is 9.60. The van der Waals surface area contributed by atoms with Gasteiger partial charge in [-0.15, -0.1) is 0 Å². The van der Waals surface area contributed by atoms with E-state index in [0.29, 0.717) is 17.3 Å². The normalized spacial score (nSPS) is 30.0. The summed E-state index contributed by atoms with van der Waals surface area (Å²) in [7, 11) is 0. The van der Waals surface area contributed by atoms with Gasteiger partial charge in [0.05, 0.1) is 27.7 Å². The fourth-order valence-corrected chi connectivity index (χ4v) is 4.66. The van der Waals surface area contributed by atoms with Crippen LogP contribution in [0.3, 0.4) is 0 Å². The molecule has 2 aliphatic rings. The number of carbonyl (C=O) groups is 1. The SMILES string of the molecule is CC1N=CC(Cl)=CC1(C(N)=O)C1CCC(CNc2cncc(C(F)(F)F)c2)CC1. The number of hydrogen-bond donors (Lipinski definition) is 2. The van der Waals surface area contributed by atoms with Crippen LogP contribution in [-0.4, -0.2) is 29.7 Å². The van der Waals surface area contributed by atoms with Crippen LogP contribution in [-0.2, 0) is 11.0 Å². The highest BCUT2D eigenvalue weighted by molar-refractivity contribution is 6.39. The molecule has 1 aliphatic heterocycles. The van der Waals surface area contributed by atoms with Gasteiger partial charge in [-0.25, -0.2) is 0 Å². The molecule has 1 fully saturated rings. The van der Waals surface area contributed by atoms with E-state index < -0.39 is 23.1 Å². The molecule has 1 aromatic rings. The highest BCUT2D eigenvalue weighted by atomic mass is 35.5. The second-order valence-electron chi connectivity index (χ2n) is 7.84. The Morgan fingerprint density at radius 3 is 2.62 bits per heavy atom. The number of nitrogens with zero attached hydrogens (tertiary/aromatic N) is 2. The number of allylic oxidation sites excluding steroid dienone is 1. The van der Waals surface area contributed by atoms with E-state index in [-0.39, 0.29) is 17.9 Å². The third kappa shape index (κ3) is 4.57. The van der Waals surface area contributed by atoms with Crippen LogP contribution in [0.1, 0.15) is 38.2 Å². The molecule has 0 spiro atoms. The van der Waals surface area contributed by atoms with Gasteiger partial charge < -0.3 is 11.1 Å². The van der Waals surface area contributed by atoms with Crippen molar-refractivity contribution in [2.45, 2.75) is 44.8 Å². The summed E-state index contributed by atoms with van der Waals surface area (Å²) in [5.74, 6) is -0.100. The molecule has 0 saturated heterocycles. The van der Waals surface area contributed by atoms with E-state index in [1.54, 1.807) is 12.3 Å². The topological polar surface area (TPSA) is 80.4 Å². The van der Waals surface area contributed by atoms with E-state index >= 15 is 0 Å². The minimum absolute atomic E-state index is 0.0349. The number of nitrogens with one attached hydrogen (secondary N) is 1. The molecule has 29 heavy (non-hydrogen) atoms. The van der Waals surface area contributed by atoms with E-state index in [1.807, 2.05) is 6.92 Å². The zero-order chi connectivity index (χ0) is 21.2. The summed E-state index contributed by atoms with van der Waals surface area (Å²) in [4.78, 5) is 20.4. The number of alkyl halides is 3. The molecule has 2 unspecified atom stereocenters. The minimum atomic E-state index is -4.42. The smallest absolute Gasteiger partial charge is 0.384 e. The van der Waals surface area contributed by atoms with Crippen molar-refractivity contribution in [3.63, 3.8) is 0 Å². The summed E-state index contributed by atoms with van der Waals surface area (Å²) in [5, 5.41) is 3.48. The van der Waals surface area contributed by atoms with Gasteiger partial charge in [0.2, 0.25) is 5.91 Å². The lowest BCUT2D eigenvalue weighted by molar-refractivity contribution is -0.137. The van der Waals surface area contributed by atoms with Crippen molar-refractivity contribution in [2.75, 3.05) is 11.9 Å². The lowest BCUT2D eigenvalue weighted by Crippen LogP contribution is -2.51. The molecule has 2 atom stereocenters. The first kappa shape index (κ1) is 21.6. The third-order valence-corrected chi connectivity index (χ3v) is 6.31. The average molecular weight is 429 g/mol. The molecule has 9 heteroatoms. The predicted octanol–water partition coefficient (Wildman–Crippen LogP) is 4.39. The van der Waals surface area contributed by atoms with E-state index in [2.05, 4.69) is 15.3 Å². The Bertz CT molecular complexity index is 818. The van der Waals surface area contributed by atoms with Gasteiger partial charge in [0, 0.05) is 25.2 Å². The van der Waals surface area contributed by atoms with Gasteiger partial charge in [0.1, 0.15) is 0 Å². The summed E-state index contributed by atoms with van der Waals surface area (Å²) in [6.07, 6.45) is 4.29. The Morgan fingerprint density at radius 1 is 1.31 bits per heavy atom. The lowest BCUT2D eigenvalue weighted by Gasteiger charge is -2.43. The number of carbonyl (C=O) groups excluding carboxylic acids is 1. The van der Waals surface area contributed by atoms with Crippen LogP contribution < -0.4 is 11.1 Å². The number of hydrogen-bond acceptors (Lipinski definition) is 4. The summed E-state index contributed by atoms with van der Waals surface area (Å²) in [5.41, 5.74) is 4.46. The predicted molar refractivity (Wildman–Crippen MR) is 107 cm³/mol. The van der Waals surface area contributed by atoms with Crippen LogP contribution in [0.25, 0.3) is 0 Å². The van der Waals surface area contributed by atoms with Crippen molar-refractivity contribution in [3.05, 3.63) is 35.1 Å². The first-order valence-corrected chi connectivity index (χ1v) is 9.98. The molecule has 0 aromatic carbocycles. The quantitative estimate of drug-likeness (QED) is 0.730. The lowest BCUT2D eigenvalue weighted by atomic mass is 9.62. The fraction of sp³-hybridized carbons (Fsp3) is 0.550. The van der Waals surface area contributed by atoms with E-state index in [9.17, 15) is 18.0 Å².